The van der Waals surface area contributed by atoms with E-state index < -0.39 is 0 Å². The molecule has 0 radical (unpaired) electrons. The summed E-state index contributed by atoms with van der Waals surface area (Å²) in [5, 5.41) is 0. The summed E-state index contributed by atoms with van der Waals surface area (Å²) in [5.41, 5.74) is 12.7. The molecule has 0 aliphatic carbocycles. The van der Waals surface area contributed by atoms with Crippen LogP contribution in [0.25, 0.3) is 0 Å². The topological polar surface area (TPSA) is 61.3 Å². The highest BCUT2D eigenvalue weighted by Crippen LogP contribution is 2.17. The number of anilines is 1. The lowest BCUT2D eigenvalue weighted by molar-refractivity contribution is 0.328. The van der Waals surface area contributed by atoms with E-state index in [1.807, 2.05) is 19.1 Å². The fourth-order valence-electron chi connectivity index (χ4n) is 1.04. The van der Waals surface area contributed by atoms with Gasteiger partial charge in [0.15, 0.2) is 0 Å². The molecule has 3 heteroatoms. The molecule has 3 nitrogen and oxygen atoms in total. The number of nitrogens with two attached hydrogens (primary N) is 2. The van der Waals surface area contributed by atoms with Crippen molar-refractivity contribution < 1.29 is 4.74 Å². The Morgan fingerprint density at radius 3 is 2.67 bits per heavy atom. The summed E-state index contributed by atoms with van der Waals surface area (Å²) in [6.07, 6.45) is 0. The van der Waals surface area contributed by atoms with Crippen LogP contribution >= 0.6 is 0 Å². The second-order valence-corrected chi connectivity index (χ2v) is 2.72. The van der Waals surface area contributed by atoms with Gasteiger partial charge in [0, 0.05) is 18.3 Å². The summed E-state index contributed by atoms with van der Waals surface area (Å²) in [5.74, 6) is 0.790. The monoisotopic (exact) mass is 166 g/mol. The van der Waals surface area contributed by atoms with Crippen LogP contribution in [0.1, 0.15) is 5.56 Å². The molecule has 66 valence electrons. The standard InChI is InChI=1S/C9H14N2O/c1-7-4-8(11)6-9(5-7)12-3-2-10/h4-6H,2-3,10-11H2,1H3. The zero-order valence-electron chi connectivity index (χ0n) is 7.21. The molecule has 0 fully saturated rings. The summed E-state index contributed by atoms with van der Waals surface area (Å²) in [7, 11) is 0. The van der Waals surface area contributed by atoms with Crippen molar-refractivity contribution in [2.75, 3.05) is 18.9 Å². The molecule has 0 aliphatic rings. The van der Waals surface area contributed by atoms with E-state index in [1.165, 1.54) is 0 Å². The molecule has 0 aliphatic heterocycles. The van der Waals surface area contributed by atoms with Crippen molar-refractivity contribution >= 4 is 5.69 Å². The molecule has 0 unspecified atom stereocenters. The number of rotatable bonds is 3. The normalized spacial score (nSPS) is 9.83. The molecular formula is C9H14N2O. The van der Waals surface area contributed by atoms with Gasteiger partial charge in [0.05, 0.1) is 0 Å². The molecule has 1 aromatic rings. The van der Waals surface area contributed by atoms with E-state index in [0.29, 0.717) is 13.2 Å². The van der Waals surface area contributed by atoms with Gasteiger partial charge in [-0.1, -0.05) is 0 Å². The average molecular weight is 166 g/mol. The van der Waals surface area contributed by atoms with E-state index in [2.05, 4.69) is 0 Å². The van der Waals surface area contributed by atoms with E-state index in [9.17, 15) is 0 Å². The van der Waals surface area contributed by atoms with Gasteiger partial charge < -0.3 is 16.2 Å². The number of ether oxygens (including phenoxy) is 1. The van der Waals surface area contributed by atoms with Crippen molar-refractivity contribution in [1.82, 2.24) is 0 Å². The third-order valence-electron chi connectivity index (χ3n) is 1.46. The SMILES string of the molecule is Cc1cc(N)cc(OCCN)c1. The largest absolute Gasteiger partial charge is 0.492 e. The molecule has 0 saturated carbocycles. The second-order valence-electron chi connectivity index (χ2n) is 2.72. The maximum Gasteiger partial charge on any atom is 0.121 e. The molecule has 0 bridgehead atoms. The van der Waals surface area contributed by atoms with Crippen molar-refractivity contribution in [2.24, 2.45) is 5.73 Å². The molecule has 1 rings (SSSR count). The van der Waals surface area contributed by atoms with Gasteiger partial charge in [0.25, 0.3) is 0 Å². The van der Waals surface area contributed by atoms with Crippen LogP contribution in [0.15, 0.2) is 18.2 Å². The predicted octanol–water partition coefficient (Wildman–Crippen LogP) is 0.915. The smallest absolute Gasteiger partial charge is 0.121 e. The Kier molecular flexibility index (Phi) is 2.94. The Labute approximate surface area is 72.3 Å². The highest BCUT2D eigenvalue weighted by molar-refractivity contribution is 5.47. The van der Waals surface area contributed by atoms with E-state index in [4.69, 9.17) is 16.2 Å². The molecule has 0 aromatic heterocycles. The van der Waals surface area contributed by atoms with Crippen molar-refractivity contribution in [1.29, 1.82) is 0 Å². The lowest BCUT2D eigenvalue weighted by Gasteiger charge is -2.06. The van der Waals surface area contributed by atoms with Crippen LogP contribution in [-0.4, -0.2) is 13.2 Å². The van der Waals surface area contributed by atoms with E-state index in [1.54, 1.807) is 6.07 Å². The average Bonchev–Trinajstić information content (AvgIpc) is 1.99. The van der Waals surface area contributed by atoms with Crippen molar-refractivity contribution in [2.45, 2.75) is 6.92 Å². The summed E-state index contributed by atoms with van der Waals surface area (Å²) >= 11 is 0. The molecule has 0 amide bonds. The minimum absolute atomic E-state index is 0.522. The van der Waals surface area contributed by atoms with Crippen LogP contribution in [0.4, 0.5) is 5.69 Å². The molecule has 0 atom stereocenters. The Balaban J connectivity index is 2.72. The summed E-state index contributed by atoms with van der Waals surface area (Å²) in [4.78, 5) is 0. The Morgan fingerprint density at radius 1 is 1.33 bits per heavy atom. The number of nitrogen functional groups attached to an aromatic ring is 1. The molecule has 4 N–H and O–H groups in total. The van der Waals surface area contributed by atoms with Gasteiger partial charge in [0.2, 0.25) is 0 Å². The van der Waals surface area contributed by atoms with Crippen LogP contribution in [0.2, 0.25) is 0 Å². The van der Waals surface area contributed by atoms with Gasteiger partial charge in [-0.05, 0) is 24.6 Å². The lowest BCUT2D eigenvalue weighted by Crippen LogP contribution is -2.10. The van der Waals surface area contributed by atoms with Crippen LogP contribution in [-0.2, 0) is 0 Å². The number of hydrogen-bond acceptors (Lipinski definition) is 3. The van der Waals surface area contributed by atoms with Crippen LogP contribution < -0.4 is 16.2 Å². The molecular weight excluding hydrogens is 152 g/mol. The quantitative estimate of drug-likeness (QED) is 0.656. The third-order valence-corrected chi connectivity index (χ3v) is 1.46. The van der Waals surface area contributed by atoms with Gasteiger partial charge in [0.1, 0.15) is 12.4 Å². The molecule has 0 heterocycles. The fourth-order valence-corrected chi connectivity index (χ4v) is 1.04. The van der Waals surface area contributed by atoms with Crippen LogP contribution in [0.5, 0.6) is 5.75 Å². The summed E-state index contributed by atoms with van der Waals surface area (Å²) < 4.78 is 5.31. The highest BCUT2D eigenvalue weighted by atomic mass is 16.5. The first-order valence-electron chi connectivity index (χ1n) is 3.92. The number of hydrogen-bond donors (Lipinski definition) is 2. The molecule has 0 saturated heterocycles. The van der Waals surface area contributed by atoms with E-state index in [-0.39, 0.29) is 0 Å². The highest BCUT2D eigenvalue weighted by Gasteiger charge is 1.95. The third kappa shape index (κ3) is 2.43. The maximum atomic E-state index is 5.62. The minimum atomic E-state index is 0.522. The van der Waals surface area contributed by atoms with Gasteiger partial charge in [-0.2, -0.15) is 0 Å². The Bertz CT molecular complexity index is 240. The van der Waals surface area contributed by atoms with Crippen LogP contribution in [0, 0.1) is 6.92 Å². The molecule has 1 aromatic carbocycles. The number of aryl methyl sites for hydroxylation is 1. The first kappa shape index (κ1) is 8.87. The summed E-state index contributed by atoms with van der Waals surface area (Å²) in [6.45, 7) is 3.03. The van der Waals surface area contributed by atoms with Gasteiger partial charge in [-0.3, -0.25) is 0 Å². The van der Waals surface area contributed by atoms with Crippen LogP contribution in [0.3, 0.4) is 0 Å². The first-order valence-corrected chi connectivity index (χ1v) is 3.92. The van der Waals surface area contributed by atoms with Gasteiger partial charge in [-0.15, -0.1) is 0 Å². The minimum Gasteiger partial charge on any atom is -0.492 e. The second kappa shape index (κ2) is 3.97. The van der Waals surface area contributed by atoms with Crippen molar-refractivity contribution in [3.05, 3.63) is 23.8 Å². The number of benzene rings is 1. The molecule has 12 heavy (non-hydrogen) atoms. The van der Waals surface area contributed by atoms with Gasteiger partial charge in [-0.25, -0.2) is 0 Å². The Morgan fingerprint density at radius 2 is 2.08 bits per heavy atom. The van der Waals surface area contributed by atoms with Crippen molar-refractivity contribution in [3.63, 3.8) is 0 Å². The summed E-state index contributed by atoms with van der Waals surface area (Å²) in [6, 6.07) is 5.63. The van der Waals surface area contributed by atoms with Crippen molar-refractivity contribution in [3.8, 4) is 5.75 Å². The zero-order chi connectivity index (χ0) is 8.97. The first-order chi connectivity index (χ1) is 5.72. The van der Waals surface area contributed by atoms with Gasteiger partial charge >= 0.3 is 0 Å². The maximum absolute atomic E-state index is 5.62. The fraction of sp³-hybridized carbons (Fsp3) is 0.333. The lowest BCUT2D eigenvalue weighted by atomic mass is 10.2. The molecule has 0 spiro atoms. The zero-order valence-corrected chi connectivity index (χ0v) is 7.21. The van der Waals surface area contributed by atoms with E-state index >= 15 is 0 Å². The van der Waals surface area contributed by atoms with E-state index in [0.717, 1.165) is 17.0 Å². The predicted molar refractivity (Wildman–Crippen MR) is 50.1 cm³/mol. The Hall–Kier alpha value is -1.22.